The van der Waals surface area contributed by atoms with Crippen LogP contribution in [0.5, 0.6) is 5.75 Å². The van der Waals surface area contributed by atoms with Gasteiger partial charge in [0.25, 0.3) is 0 Å². The molecule has 0 aliphatic rings. The second kappa shape index (κ2) is 6.73. The Balaban J connectivity index is 1.98. The summed E-state index contributed by atoms with van der Waals surface area (Å²) in [5.41, 5.74) is 4.88. The molecule has 0 fully saturated rings. The smallest absolute Gasteiger partial charge is 0.147 e. The van der Waals surface area contributed by atoms with Crippen molar-refractivity contribution >= 4 is 11.0 Å². The number of benzene rings is 3. The largest absolute Gasteiger partial charge is 0.505 e. The quantitative estimate of drug-likeness (QED) is 0.488. The van der Waals surface area contributed by atoms with Crippen molar-refractivity contribution in [1.29, 1.82) is 0 Å². The van der Waals surface area contributed by atoms with Crippen molar-refractivity contribution in [3.63, 3.8) is 0 Å². The lowest BCUT2D eigenvalue weighted by atomic mass is 9.75. The highest BCUT2D eigenvalue weighted by Crippen LogP contribution is 2.42. The van der Waals surface area contributed by atoms with Crippen LogP contribution in [-0.4, -0.2) is 20.1 Å². The van der Waals surface area contributed by atoms with Gasteiger partial charge in [-0.2, -0.15) is 0 Å². The molecule has 4 heteroatoms. The summed E-state index contributed by atoms with van der Waals surface area (Å²) in [6, 6.07) is 22.1. The Hall–Kier alpha value is -3.14. The summed E-state index contributed by atoms with van der Waals surface area (Å²) in [5.74, 6) is 0.215. The summed E-state index contributed by atoms with van der Waals surface area (Å²) < 4.78 is 0. The van der Waals surface area contributed by atoms with Crippen LogP contribution < -0.4 is 0 Å². The Morgan fingerprint density at radius 3 is 1.83 bits per heavy atom. The van der Waals surface area contributed by atoms with E-state index in [0.717, 1.165) is 27.7 Å². The van der Waals surface area contributed by atoms with E-state index in [0.29, 0.717) is 5.69 Å². The van der Waals surface area contributed by atoms with E-state index in [2.05, 4.69) is 63.0 Å². The number of rotatable bonds is 3. The fraction of sp³-hybridized carbons (Fsp3) is 0.280. The number of nitrogens with zero attached hydrogens (tertiary/aromatic N) is 3. The fourth-order valence-corrected chi connectivity index (χ4v) is 3.66. The third-order valence-corrected chi connectivity index (χ3v) is 5.63. The van der Waals surface area contributed by atoms with Crippen LogP contribution in [0.25, 0.3) is 16.7 Å². The molecule has 0 aliphatic carbocycles. The summed E-state index contributed by atoms with van der Waals surface area (Å²) in [6.07, 6.45) is 0. The van der Waals surface area contributed by atoms with Crippen molar-refractivity contribution in [2.24, 2.45) is 0 Å². The monoisotopic (exact) mass is 385 g/mol. The van der Waals surface area contributed by atoms with Gasteiger partial charge in [-0.15, -0.1) is 15.0 Å². The first-order chi connectivity index (χ1) is 13.7. The molecule has 4 nitrogen and oxygen atoms in total. The van der Waals surface area contributed by atoms with Gasteiger partial charge in [-0.25, -0.2) is 0 Å². The summed E-state index contributed by atoms with van der Waals surface area (Å²) in [4.78, 5) is 1.56. The minimum absolute atomic E-state index is 0.0868. The Morgan fingerprint density at radius 2 is 1.28 bits per heavy atom. The lowest BCUT2D eigenvalue weighted by Crippen LogP contribution is -2.22. The number of hydrogen-bond acceptors (Lipinski definition) is 3. The molecular weight excluding hydrogens is 358 g/mol. The van der Waals surface area contributed by atoms with Gasteiger partial charge in [0, 0.05) is 11.0 Å². The molecule has 4 aromatic rings. The van der Waals surface area contributed by atoms with Crippen LogP contribution in [0, 0.1) is 0 Å². The molecule has 0 aliphatic heterocycles. The number of aromatic nitrogens is 3. The molecule has 0 unspecified atom stereocenters. The number of phenolic OH excluding ortho intramolecular Hbond substituents is 1. The predicted molar refractivity (Wildman–Crippen MR) is 118 cm³/mol. The molecule has 29 heavy (non-hydrogen) atoms. The van der Waals surface area contributed by atoms with E-state index >= 15 is 0 Å². The Kier molecular flexibility index (Phi) is 4.45. The highest BCUT2D eigenvalue weighted by atomic mass is 16.3. The van der Waals surface area contributed by atoms with Crippen molar-refractivity contribution in [2.75, 3.05) is 0 Å². The van der Waals surface area contributed by atoms with Crippen molar-refractivity contribution < 1.29 is 5.11 Å². The van der Waals surface area contributed by atoms with E-state index in [4.69, 9.17) is 0 Å². The van der Waals surface area contributed by atoms with Crippen LogP contribution >= 0.6 is 0 Å². The van der Waals surface area contributed by atoms with E-state index < -0.39 is 0 Å². The zero-order valence-corrected chi connectivity index (χ0v) is 17.6. The first-order valence-corrected chi connectivity index (χ1v) is 9.94. The molecule has 1 aromatic heterocycles. The van der Waals surface area contributed by atoms with Gasteiger partial charge >= 0.3 is 0 Å². The Bertz CT molecular complexity index is 1130. The lowest BCUT2D eigenvalue weighted by Gasteiger charge is -2.30. The molecule has 0 bridgehead atoms. The highest BCUT2D eigenvalue weighted by molar-refractivity contribution is 5.74. The van der Waals surface area contributed by atoms with Gasteiger partial charge in [0.15, 0.2) is 0 Å². The Labute approximate surface area is 171 Å². The van der Waals surface area contributed by atoms with Crippen molar-refractivity contribution in [2.45, 2.75) is 45.4 Å². The van der Waals surface area contributed by atoms with Gasteiger partial charge in [0.05, 0.1) is 0 Å². The third-order valence-electron chi connectivity index (χ3n) is 5.63. The number of phenols is 1. The van der Waals surface area contributed by atoms with Crippen LogP contribution in [0.2, 0.25) is 0 Å². The molecule has 1 N–H and O–H groups in total. The fourth-order valence-electron chi connectivity index (χ4n) is 3.66. The van der Waals surface area contributed by atoms with E-state index in [9.17, 15) is 5.11 Å². The number of fused-ring (bicyclic) bond motifs is 1. The van der Waals surface area contributed by atoms with Crippen molar-refractivity contribution in [1.82, 2.24) is 15.0 Å². The Morgan fingerprint density at radius 1 is 0.724 bits per heavy atom. The number of hydrogen-bond donors (Lipinski definition) is 1. The van der Waals surface area contributed by atoms with Crippen LogP contribution in [0.4, 0.5) is 0 Å². The zero-order valence-electron chi connectivity index (χ0n) is 17.6. The van der Waals surface area contributed by atoms with Crippen LogP contribution in [0.15, 0.2) is 66.7 Å². The molecule has 0 saturated heterocycles. The molecule has 3 aromatic carbocycles. The second-order valence-corrected chi connectivity index (χ2v) is 9.11. The zero-order chi connectivity index (χ0) is 20.8. The van der Waals surface area contributed by atoms with Crippen molar-refractivity contribution in [3.05, 3.63) is 83.4 Å². The van der Waals surface area contributed by atoms with Crippen LogP contribution in [-0.2, 0) is 10.8 Å². The van der Waals surface area contributed by atoms with Crippen LogP contribution in [0.1, 0.15) is 51.3 Å². The molecule has 148 valence electrons. The van der Waals surface area contributed by atoms with Gasteiger partial charge in [0.2, 0.25) is 0 Å². The van der Waals surface area contributed by atoms with E-state index in [-0.39, 0.29) is 16.6 Å². The predicted octanol–water partition coefficient (Wildman–Crippen LogP) is 5.75. The maximum atomic E-state index is 11.4. The molecule has 0 radical (unpaired) electrons. The van der Waals surface area contributed by atoms with Gasteiger partial charge in [0.1, 0.15) is 22.5 Å². The summed E-state index contributed by atoms with van der Waals surface area (Å²) in [5, 5.41) is 20.6. The first-order valence-electron chi connectivity index (χ1n) is 9.94. The molecule has 0 amide bonds. The molecule has 1 heterocycles. The standard InChI is InChI=1S/C25H27N3O/c1-24(2,3)18-15-19(25(4,5)17-11-7-6-8-12-17)23(29)22(16-18)28-26-20-13-9-10-14-21(20)27-28/h6-16,29H,1-5H3. The molecule has 0 spiro atoms. The van der Waals surface area contributed by atoms with Gasteiger partial charge in [-0.3, -0.25) is 0 Å². The molecule has 0 atom stereocenters. The van der Waals surface area contributed by atoms with Gasteiger partial charge < -0.3 is 5.11 Å². The van der Waals surface area contributed by atoms with Gasteiger partial charge in [-0.1, -0.05) is 83.1 Å². The summed E-state index contributed by atoms with van der Waals surface area (Å²) >= 11 is 0. The second-order valence-electron chi connectivity index (χ2n) is 9.11. The highest BCUT2D eigenvalue weighted by Gasteiger charge is 2.30. The lowest BCUT2D eigenvalue weighted by molar-refractivity contribution is 0.444. The maximum Gasteiger partial charge on any atom is 0.147 e. The van der Waals surface area contributed by atoms with Crippen molar-refractivity contribution in [3.8, 4) is 11.4 Å². The maximum absolute atomic E-state index is 11.4. The SMILES string of the molecule is CC(C)(C)c1cc(-n2nc3ccccc3n2)c(O)c(C(C)(C)c2ccccc2)c1. The minimum Gasteiger partial charge on any atom is -0.505 e. The average molecular weight is 386 g/mol. The van der Waals surface area contributed by atoms with E-state index in [1.54, 1.807) is 4.80 Å². The topological polar surface area (TPSA) is 50.9 Å². The average Bonchev–Trinajstić information content (AvgIpc) is 3.11. The van der Waals surface area contributed by atoms with Gasteiger partial charge in [-0.05, 0) is 34.7 Å². The summed E-state index contributed by atoms with van der Waals surface area (Å²) in [7, 11) is 0. The minimum atomic E-state index is -0.381. The molecule has 0 saturated carbocycles. The first kappa shape index (κ1) is 19.2. The normalized spacial score (nSPS) is 12.4. The summed E-state index contributed by atoms with van der Waals surface area (Å²) in [6.45, 7) is 10.8. The van der Waals surface area contributed by atoms with E-state index in [1.807, 2.05) is 48.5 Å². The third kappa shape index (κ3) is 3.39. The van der Waals surface area contributed by atoms with Crippen LogP contribution in [0.3, 0.4) is 0 Å². The number of aromatic hydroxyl groups is 1. The molecular formula is C25H27N3O. The molecule has 4 rings (SSSR count). The van der Waals surface area contributed by atoms with E-state index in [1.165, 1.54) is 0 Å².